The van der Waals surface area contributed by atoms with Crippen molar-refractivity contribution < 1.29 is 4.79 Å². The molecule has 5 heteroatoms. The van der Waals surface area contributed by atoms with Crippen molar-refractivity contribution in [1.82, 2.24) is 10.2 Å². The largest absolute Gasteiger partial charge is 0.310 e. The summed E-state index contributed by atoms with van der Waals surface area (Å²) in [5, 5.41) is 9.22. The number of anilines is 1. The monoisotopic (exact) mass is 261 g/mol. The molecule has 0 saturated heterocycles. The van der Waals surface area contributed by atoms with Crippen LogP contribution in [0.5, 0.6) is 0 Å². The highest BCUT2D eigenvalue weighted by molar-refractivity contribution is 8.00. The smallest absolute Gasteiger partial charge is 0.235 e. The van der Waals surface area contributed by atoms with Crippen LogP contribution in [0.3, 0.4) is 0 Å². The molecule has 2 N–H and O–H groups in total. The number of carbonyl (C=O) groups is 1. The van der Waals surface area contributed by atoms with Gasteiger partial charge in [-0.1, -0.05) is 17.7 Å². The van der Waals surface area contributed by atoms with E-state index in [0.29, 0.717) is 11.6 Å². The molecule has 0 bridgehead atoms. The molecule has 1 heterocycles. The lowest BCUT2D eigenvalue weighted by atomic mass is 10.2. The van der Waals surface area contributed by atoms with Gasteiger partial charge in [0.05, 0.1) is 11.9 Å². The fourth-order valence-electron chi connectivity index (χ4n) is 1.52. The number of aromatic amines is 1. The van der Waals surface area contributed by atoms with Gasteiger partial charge < -0.3 is 5.32 Å². The molecule has 0 radical (unpaired) electrons. The number of thioether (sulfide) groups is 1. The summed E-state index contributed by atoms with van der Waals surface area (Å²) in [7, 11) is 0. The molecule has 0 unspecified atom stereocenters. The van der Waals surface area contributed by atoms with Crippen molar-refractivity contribution in [3.05, 3.63) is 41.6 Å². The van der Waals surface area contributed by atoms with E-state index < -0.39 is 0 Å². The number of benzene rings is 1. The standard InChI is InChI=1S/C13H15N3OS/c1-9-3-4-10(2)11(7-9)18-8-13(17)15-12-5-6-14-16-12/h3-7H,8H2,1-2H3,(H2,14,15,16,17). The fourth-order valence-corrected chi connectivity index (χ4v) is 2.44. The van der Waals surface area contributed by atoms with Gasteiger partial charge in [0.1, 0.15) is 5.82 Å². The maximum atomic E-state index is 11.7. The molecular formula is C13H15N3OS. The third-order valence-electron chi connectivity index (χ3n) is 2.48. The molecule has 0 saturated carbocycles. The first kappa shape index (κ1) is 12.7. The number of nitrogens with one attached hydrogen (secondary N) is 2. The second-order valence-electron chi connectivity index (χ2n) is 4.08. The molecule has 0 fully saturated rings. The minimum absolute atomic E-state index is 0.0369. The fraction of sp³-hybridized carbons (Fsp3) is 0.231. The Morgan fingerprint density at radius 1 is 1.39 bits per heavy atom. The predicted molar refractivity (Wildman–Crippen MR) is 73.9 cm³/mol. The lowest BCUT2D eigenvalue weighted by molar-refractivity contribution is -0.113. The Hall–Kier alpha value is -1.75. The molecule has 0 spiro atoms. The van der Waals surface area contributed by atoms with E-state index in [0.717, 1.165) is 4.90 Å². The third-order valence-corrected chi connectivity index (χ3v) is 3.63. The van der Waals surface area contributed by atoms with Crippen molar-refractivity contribution in [2.45, 2.75) is 18.7 Å². The van der Waals surface area contributed by atoms with Gasteiger partial charge in [0.15, 0.2) is 0 Å². The average molecular weight is 261 g/mol. The summed E-state index contributed by atoms with van der Waals surface area (Å²) in [5.74, 6) is 0.982. The van der Waals surface area contributed by atoms with Gasteiger partial charge in [-0.15, -0.1) is 11.8 Å². The summed E-state index contributed by atoms with van der Waals surface area (Å²) in [6, 6.07) is 7.97. The Morgan fingerprint density at radius 3 is 2.94 bits per heavy atom. The molecule has 1 aromatic heterocycles. The van der Waals surface area contributed by atoms with Crippen LogP contribution >= 0.6 is 11.8 Å². The van der Waals surface area contributed by atoms with Gasteiger partial charge in [-0.05, 0) is 25.5 Å². The van der Waals surface area contributed by atoms with Gasteiger partial charge >= 0.3 is 0 Å². The van der Waals surface area contributed by atoms with Crippen LogP contribution in [0.25, 0.3) is 0 Å². The van der Waals surface area contributed by atoms with Gasteiger partial charge in [-0.3, -0.25) is 9.89 Å². The third kappa shape index (κ3) is 3.37. The summed E-state index contributed by atoms with van der Waals surface area (Å²) in [6.45, 7) is 4.10. The molecule has 2 rings (SSSR count). The summed E-state index contributed by atoms with van der Waals surface area (Å²) in [6.07, 6.45) is 1.60. The normalized spacial score (nSPS) is 10.3. The molecule has 1 aromatic carbocycles. The van der Waals surface area contributed by atoms with Crippen LogP contribution in [0.1, 0.15) is 11.1 Å². The molecule has 94 valence electrons. The predicted octanol–water partition coefficient (Wildman–Crippen LogP) is 2.76. The van der Waals surface area contributed by atoms with Crippen molar-refractivity contribution in [1.29, 1.82) is 0 Å². The molecule has 0 aliphatic rings. The molecule has 0 atom stereocenters. The Kier molecular flexibility index (Phi) is 4.04. The minimum atomic E-state index is -0.0369. The zero-order valence-electron chi connectivity index (χ0n) is 10.4. The van der Waals surface area contributed by atoms with Crippen LogP contribution < -0.4 is 5.32 Å². The number of carbonyl (C=O) groups excluding carboxylic acids is 1. The summed E-state index contributed by atoms with van der Waals surface area (Å²) < 4.78 is 0. The number of hydrogen-bond donors (Lipinski definition) is 2. The van der Waals surface area contributed by atoms with Crippen LogP contribution in [0.15, 0.2) is 35.4 Å². The van der Waals surface area contributed by atoms with Crippen molar-refractivity contribution in [2.24, 2.45) is 0 Å². The molecule has 1 amide bonds. The van der Waals surface area contributed by atoms with Crippen LogP contribution in [0.4, 0.5) is 5.82 Å². The van der Waals surface area contributed by atoms with E-state index >= 15 is 0 Å². The molecule has 0 aliphatic heterocycles. The van der Waals surface area contributed by atoms with E-state index in [1.54, 1.807) is 24.0 Å². The zero-order valence-corrected chi connectivity index (χ0v) is 11.2. The summed E-state index contributed by atoms with van der Waals surface area (Å²) in [4.78, 5) is 12.8. The highest BCUT2D eigenvalue weighted by Gasteiger charge is 2.06. The summed E-state index contributed by atoms with van der Waals surface area (Å²) in [5.41, 5.74) is 2.40. The number of hydrogen-bond acceptors (Lipinski definition) is 3. The van der Waals surface area contributed by atoms with E-state index in [1.807, 2.05) is 6.92 Å². The van der Waals surface area contributed by atoms with Crippen LogP contribution in [-0.4, -0.2) is 21.9 Å². The first-order chi connectivity index (χ1) is 8.65. The maximum Gasteiger partial charge on any atom is 0.235 e. The first-order valence-electron chi connectivity index (χ1n) is 5.64. The first-order valence-corrected chi connectivity index (χ1v) is 6.63. The highest BCUT2D eigenvalue weighted by Crippen LogP contribution is 2.23. The van der Waals surface area contributed by atoms with E-state index in [9.17, 15) is 4.79 Å². The van der Waals surface area contributed by atoms with Crippen LogP contribution in [0.2, 0.25) is 0 Å². The topological polar surface area (TPSA) is 57.8 Å². The second kappa shape index (κ2) is 5.73. The average Bonchev–Trinajstić information content (AvgIpc) is 2.83. The highest BCUT2D eigenvalue weighted by atomic mass is 32.2. The SMILES string of the molecule is Cc1ccc(C)c(SCC(=O)Nc2ccn[nH]2)c1. The molecular weight excluding hydrogens is 246 g/mol. The van der Waals surface area contributed by atoms with E-state index in [1.165, 1.54) is 11.1 Å². The van der Waals surface area contributed by atoms with Crippen molar-refractivity contribution in [2.75, 3.05) is 11.1 Å². The zero-order chi connectivity index (χ0) is 13.0. The van der Waals surface area contributed by atoms with Crippen LogP contribution in [-0.2, 0) is 4.79 Å². The lowest BCUT2D eigenvalue weighted by Gasteiger charge is -2.06. The number of rotatable bonds is 4. The molecule has 18 heavy (non-hydrogen) atoms. The number of H-pyrrole nitrogens is 1. The molecule has 2 aromatic rings. The van der Waals surface area contributed by atoms with E-state index in [4.69, 9.17) is 0 Å². The second-order valence-corrected chi connectivity index (χ2v) is 5.09. The number of aryl methyl sites for hydroxylation is 2. The van der Waals surface area contributed by atoms with E-state index in [2.05, 4.69) is 40.6 Å². The Bertz CT molecular complexity index is 537. The summed E-state index contributed by atoms with van der Waals surface area (Å²) >= 11 is 1.54. The van der Waals surface area contributed by atoms with Gasteiger partial charge in [-0.25, -0.2) is 0 Å². The van der Waals surface area contributed by atoms with Crippen molar-refractivity contribution in [3.8, 4) is 0 Å². The quantitative estimate of drug-likeness (QED) is 0.832. The Morgan fingerprint density at radius 2 is 2.22 bits per heavy atom. The molecule has 4 nitrogen and oxygen atoms in total. The van der Waals surface area contributed by atoms with Crippen LogP contribution in [0, 0.1) is 13.8 Å². The Balaban J connectivity index is 1.91. The van der Waals surface area contributed by atoms with Gasteiger partial charge in [0.25, 0.3) is 0 Å². The van der Waals surface area contributed by atoms with E-state index in [-0.39, 0.29) is 5.91 Å². The number of aromatic nitrogens is 2. The van der Waals surface area contributed by atoms with Gasteiger partial charge in [0, 0.05) is 11.0 Å². The Labute approximate surface area is 110 Å². The van der Waals surface area contributed by atoms with Gasteiger partial charge in [-0.2, -0.15) is 5.10 Å². The van der Waals surface area contributed by atoms with Crippen molar-refractivity contribution in [3.63, 3.8) is 0 Å². The van der Waals surface area contributed by atoms with Crippen molar-refractivity contribution >= 4 is 23.5 Å². The lowest BCUT2D eigenvalue weighted by Crippen LogP contribution is -2.14. The van der Waals surface area contributed by atoms with Gasteiger partial charge in [0.2, 0.25) is 5.91 Å². The minimum Gasteiger partial charge on any atom is -0.310 e. The number of nitrogens with zero attached hydrogens (tertiary/aromatic N) is 1. The molecule has 0 aliphatic carbocycles. The maximum absolute atomic E-state index is 11.7. The number of amides is 1.